The molecule has 0 aliphatic carbocycles. The predicted molar refractivity (Wildman–Crippen MR) is 87.5 cm³/mol. The maximum Gasteiger partial charge on any atom is 0.255 e. The molecular formula is C17H22N4O3. The molecule has 2 atom stereocenters. The highest BCUT2D eigenvalue weighted by atomic mass is 16.5. The second kappa shape index (κ2) is 8.03. The summed E-state index contributed by atoms with van der Waals surface area (Å²) in [5.41, 5.74) is 2.28. The van der Waals surface area contributed by atoms with E-state index in [1.54, 1.807) is 12.4 Å². The number of aryl methyl sites for hydroxylation is 1. The monoisotopic (exact) mass is 330 g/mol. The fourth-order valence-electron chi connectivity index (χ4n) is 2.75. The molecule has 1 aliphatic heterocycles. The van der Waals surface area contributed by atoms with E-state index in [2.05, 4.69) is 20.5 Å². The van der Waals surface area contributed by atoms with Gasteiger partial charge in [0.1, 0.15) is 0 Å². The van der Waals surface area contributed by atoms with E-state index in [4.69, 9.17) is 9.47 Å². The molecule has 1 saturated heterocycles. The lowest BCUT2D eigenvalue weighted by molar-refractivity contribution is -0.0612. The van der Waals surface area contributed by atoms with E-state index < -0.39 is 0 Å². The molecule has 0 saturated carbocycles. The minimum absolute atomic E-state index is 0.0957. The molecule has 3 heterocycles. The second-order valence-electron chi connectivity index (χ2n) is 5.73. The second-order valence-corrected chi connectivity index (χ2v) is 5.73. The van der Waals surface area contributed by atoms with Crippen LogP contribution in [0, 0.1) is 0 Å². The zero-order chi connectivity index (χ0) is 16.8. The van der Waals surface area contributed by atoms with Crippen molar-refractivity contribution in [3.8, 4) is 0 Å². The van der Waals surface area contributed by atoms with Crippen LogP contribution in [0.25, 0.3) is 0 Å². The number of nitrogens with zero attached hydrogens (tertiary/aromatic N) is 2. The van der Waals surface area contributed by atoms with Gasteiger partial charge in [-0.05, 0) is 25.0 Å². The summed E-state index contributed by atoms with van der Waals surface area (Å²) >= 11 is 0. The van der Waals surface area contributed by atoms with Gasteiger partial charge in [0, 0.05) is 18.5 Å². The topological polar surface area (TPSA) is 89.1 Å². The Morgan fingerprint density at radius 2 is 2.42 bits per heavy atom. The molecule has 0 spiro atoms. The molecule has 24 heavy (non-hydrogen) atoms. The van der Waals surface area contributed by atoms with Gasteiger partial charge in [0.2, 0.25) is 0 Å². The van der Waals surface area contributed by atoms with E-state index in [0.29, 0.717) is 25.4 Å². The number of amides is 1. The minimum atomic E-state index is -0.186. The molecule has 2 N–H and O–H groups in total. The summed E-state index contributed by atoms with van der Waals surface area (Å²) in [6.45, 7) is 3.47. The van der Waals surface area contributed by atoms with Crippen molar-refractivity contribution in [2.75, 3.05) is 13.2 Å². The first-order chi connectivity index (χ1) is 11.8. The van der Waals surface area contributed by atoms with Crippen LogP contribution in [0.2, 0.25) is 0 Å². The fraction of sp³-hybridized carbons (Fsp3) is 0.471. The van der Waals surface area contributed by atoms with Crippen LogP contribution < -0.4 is 5.32 Å². The van der Waals surface area contributed by atoms with Crippen molar-refractivity contribution in [3.63, 3.8) is 0 Å². The van der Waals surface area contributed by atoms with E-state index in [0.717, 1.165) is 24.2 Å². The maximum absolute atomic E-state index is 12.5. The van der Waals surface area contributed by atoms with Gasteiger partial charge in [0.05, 0.1) is 42.8 Å². The van der Waals surface area contributed by atoms with Gasteiger partial charge in [0.25, 0.3) is 5.91 Å². The van der Waals surface area contributed by atoms with Gasteiger partial charge < -0.3 is 14.8 Å². The van der Waals surface area contributed by atoms with E-state index in [9.17, 15) is 4.79 Å². The Labute approximate surface area is 140 Å². The van der Waals surface area contributed by atoms with Crippen LogP contribution in [0.4, 0.5) is 0 Å². The number of carbonyl (C=O) groups excluding carboxylic acids is 1. The van der Waals surface area contributed by atoms with Gasteiger partial charge in [-0.2, -0.15) is 5.10 Å². The van der Waals surface area contributed by atoms with E-state index in [1.807, 2.05) is 25.1 Å². The Kier molecular flexibility index (Phi) is 5.55. The number of pyridine rings is 1. The van der Waals surface area contributed by atoms with Gasteiger partial charge in [-0.1, -0.05) is 13.0 Å². The molecule has 2 aromatic rings. The first-order valence-corrected chi connectivity index (χ1v) is 8.20. The molecule has 3 rings (SSSR count). The average Bonchev–Trinajstić information content (AvgIpc) is 3.11. The summed E-state index contributed by atoms with van der Waals surface area (Å²) in [5, 5.41) is 9.81. The highest BCUT2D eigenvalue weighted by Crippen LogP contribution is 2.15. The normalized spacial score (nSPS) is 20.7. The Balaban J connectivity index is 1.61. The third kappa shape index (κ3) is 3.98. The van der Waals surface area contributed by atoms with Gasteiger partial charge in [-0.3, -0.25) is 14.9 Å². The number of aromatic nitrogens is 3. The minimum Gasteiger partial charge on any atom is -0.379 e. The molecule has 0 bridgehead atoms. The number of ether oxygens (including phenoxy) is 2. The Bertz CT molecular complexity index is 659. The lowest BCUT2D eigenvalue weighted by atomic mass is 10.1. The molecule has 1 amide bonds. The number of hydrogen-bond donors (Lipinski definition) is 2. The number of H-pyrrole nitrogens is 1. The number of aromatic amines is 1. The van der Waals surface area contributed by atoms with Crippen LogP contribution in [-0.2, 0) is 22.5 Å². The van der Waals surface area contributed by atoms with Crippen LogP contribution in [0.1, 0.15) is 35.1 Å². The van der Waals surface area contributed by atoms with Crippen LogP contribution >= 0.6 is 0 Å². The zero-order valence-electron chi connectivity index (χ0n) is 13.7. The van der Waals surface area contributed by atoms with E-state index in [-0.39, 0.29) is 18.1 Å². The third-order valence-electron chi connectivity index (χ3n) is 4.10. The van der Waals surface area contributed by atoms with E-state index in [1.165, 1.54) is 0 Å². The predicted octanol–water partition coefficient (Wildman–Crippen LogP) is 1.47. The number of rotatable bonds is 6. The highest BCUT2D eigenvalue weighted by Gasteiger charge is 2.29. The van der Waals surface area contributed by atoms with Crippen LogP contribution in [0.15, 0.2) is 30.6 Å². The summed E-state index contributed by atoms with van der Waals surface area (Å²) in [6, 6.07) is 5.54. The molecule has 7 nitrogen and oxygen atoms in total. The van der Waals surface area contributed by atoms with Gasteiger partial charge in [0.15, 0.2) is 0 Å². The molecule has 0 radical (unpaired) electrons. The number of hydrogen-bond acceptors (Lipinski definition) is 5. The highest BCUT2D eigenvalue weighted by molar-refractivity contribution is 5.95. The van der Waals surface area contributed by atoms with E-state index >= 15 is 0 Å². The molecule has 1 aliphatic rings. The Morgan fingerprint density at radius 1 is 1.50 bits per heavy atom. The first kappa shape index (κ1) is 16.6. The molecule has 1 fully saturated rings. The van der Waals surface area contributed by atoms with Gasteiger partial charge in [-0.15, -0.1) is 0 Å². The van der Waals surface area contributed by atoms with Crippen molar-refractivity contribution in [2.24, 2.45) is 0 Å². The van der Waals surface area contributed by atoms with Gasteiger partial charge in [-0.25, -0.2) is 0 Å². The number of carbonyl (C=O) groups is 1. The fourth-order valence-corrected chi connectivity index (χ4v) is 2.75. The maximum atomic E-state index is 12.5. The Hall–Kier alpha value is -2.25. The summed E-state index contributed by atoms with van der Waals surface area (Å²) in [6.07, 6.45) is 4.67. The molecular weight excluding hydrogens is 308 g/mol. The smallest absolute Gasteiger partial charge is 0.255 e. The van der Waals surface area contributed by atoms with Gasteiger partial charge >= 0.3 is 0 Å². The quantitative estimate of drug-likeness (QED) is 0.837. The molecule has 128 valence electrons. The van der Waals surface area contributed by atoms with Crippen molar-refractivity contribution in [2.45, 2.75) is 38.5 Å². The van der Waals surface area contributed by atoms with Crippen molar-refractivity contribution in [3.05, 3.63) is 47.5 Å². The van der Waals surface area contributed by atoms with Crippen molar-refractivity contribution in [1.82, 2.24) is 20.5 Å². The molecule has 2 aromatic heterocycles. The summed E-state index contributed by atoms with van der Waals surface area (Å²) in [4.78, 5) is 16.7. The standard InChI is InChI=1S/C17H22N4O3/c1-2-14-13(9-19-21-14)17(22)20-15-11-23-8-6-16(15)24-10-12-5-3-4-7-18-12/h3-5,7,9,15-16H,2,6,8,10-11H2,1H3,(H,19,21)(H,20,22)/t15-,16-/m1/s1. The van der Waals surface area contributed by atoms with Crippen molar-refractivity contribution < 1.29 is 14.3 Å². The van der Waals surface area contributed by atoms with Crippen molar-refractivity contribution in [1.29, 1.82) is 0 Å². The molecule has 0 unspecified atom stereocenters. The average molecular weight is 330 g/mol. The number of nitrogens with one attached hydrogen (secondary N) is 2. The lowest BCUT2D eigenvalue weighted by Crippen LogP contribution is -2.50. The molecule has 0 aromatic carbocycles. The van der Waals surface area contributed by atoms with Crippen LogP contribution in [-0.4, -0.2) is 46.4 Å². The molecule has 7 heteroatoms. The van der Waals surface area contributed by atoms with Crippen molar-refractivity contribution >= 4 is 5.91 Å². The van der Waals surface area contributed by atoms with Crippen LogP contribution in [0.3, 0.4) is 0 Å². The summed E-state index contributed by atoms with van der Waals surface area (Å²) in [7, 11) is 0. The summed E-state index contributed by atoms with van der Waals surface area (Å²) < 4.78 is 11.5. The first-order valence-electron chi connectivity index (χ1n) is 8.20. The Morgan fingerprint density at radius 3 is 3.21 bits per heavy atom. The SMILES string of the molecule is CCc1[nH]ncc1C(=O)N[C@@H]1COCC[C@H]1OCc1ccccn1. The third-order valence-corrected chi connectivity index (χ3v) is 4.10. The van der Waals surface area contributed by atoms with Crippen LogP contribution in [0.5, 0.6) is 0 Å². The largest absolute Gasteiger partial charge is 0.379 e. The zero-order valence-corrected chi connectivity index (χ0v) is 13.7. The summed E-state index contributed by atoms with van der Waals surface area (Å²) in [5.74, 6) is -0.150. The lowest BCUT2D eigenvalue weighted by Gasteiger charge is -2.32.